The third kappa shape index (κ3) is 2.96. The zero-order chi connectivity index (χ0) is 14.8. The molecule has 1 aliphatic rings. The molecule has 0 radical (unpaired) electrons. The standard InChI is InChI=1S/C15H17N3OS2/c1-4-21-14-11-12(17-15(18-14)20-3)16-13(19-11)10-7-5-9(2)6-8-10/h5-8,14H,4H2,1-3H3,(H,17,18)/t14-/m0/s1. The van der Waals surface area contributed by atoms with Crippen LogP contribution in [0.2, 0.25) is 0 Å². The van der Waals surface area contributed by atoms with Crippen molar-refractivity contribution in [1.29, 1.82) is 0 Å². The molecule has 0 saturated carbocycles. The molecule has 0 bridgehead atoms. The van der Waals surface area contributed by atoms with Gasteiger partial charge in [0.15, 0.2) is 22.1 Å². The Balaban J connectivity index is 1.97. The average molecular weight is 319 g/mol. The summed E-state index contributed by atoms with van der Waals surface area (Å²) in [5, 5.41) is 4.10. The number of nitrogens with zero attached hydrogens (tertiary/aromatic N) is 2. The molecule has 0 saturated heterocycles. The van der Waals surface area contributed by atoms with Gasteiger partial charge in [-0.05, 0) is 31.1 Å². The number of amidine groups is 1. The number of anilines is 1. The Morgan fingerprint density at radius 2 is 2.05 bits per heavy atom. The fourth-order valence-electron chi connectivity index (χ4n) is 2.08. The van der Waals surface area contributed by atoms with E-state index in [9.17, 15) is 0 Å². The van der Waals surface area contributed by atoms with E-state index in [1.165, 1.54) is 5.56 Å². The second kappa shape index (κ2) is 6.15. The molecule has 1 aliphatic heterocycles. The van der Waals surface area contributed by atoms with Crippen molar-refractivity contribution < 1.29 is 4.42 Å². The summed E-state index contributed by atoms with van der Waals surface area (Å²) < 4.78 is 5.98. The van der Waals surface area contributed by atoms with E-state index in [0.717, 1.165) is 28.1 Å². The van der Waals surface area contributed by atoms with E-state index in [1.54, 1.807) is 23.5 Å². The van der Waals surface area contributed by atoms with Gasteiger partial charge in [-0.1, -0.05) is 36.4 Å². The molecule has 1 aromatic heterocycles. The summed E-state index contributed by atoms with van der Waals surface area (Å²) in [7, 11) is 0. The molecule has 3 rings (SSSR count). The Kier molecular flexibility index (Phi) is 4.26. The summed E-state index contributed by atoms with van der Waals surface area (Å²) in [5.74, 6) is 3.23. The predicted octanol–water partition coefficient (Wildman–Crippen LogP) is 4.55. The van der Waals surface area contributed by atoms with Gasteiger partial charge >= 0.3 is 0 Å². The van der Waals surface area contributed by atoms with Crippen molar-refractivity contribution in [3.05, 3.63) is 35.6 Å². The van der Waals surface area contributed by atoms with Gasteiger partial charge in [0.25, 0.3) is 0 Å². The molecule has 0 unspecified atom stereocenters. The van der Waals surface area contributed by atoms with Crippen molar-refractivity contribution in [2.75, 3.05) is 17.3 Å². The molecule has 0 aliphatic carbocycles. The zero-order valence-corrected chi connectivity index (χ0v) is 13.8. The molecule has 1 aromatic carbocycles. The minimum atomic E-state index is -0.0135. The third-order valence-electron chi connectivity index (χ3n) is 3.15. The molecule has 2 aromatic rings. The van der Waals surface area contributed by atoms with Crippen LogP contribution in [0.25, 0.3) is 11.5 Å². The fourth-order valence-corrected chi connectivity index (χ4v) is 3.36. The van der Waals surface area contributed by atoms with Crippen molar-refractivity contribution in [2.24, 2.45) is 4.99 Å². The van der Waals surface area contributed by atoms with Crippen LogP contribution < -0.4 is 5.32 Å². The molecule has 1 N–H and O–H groups in total. The molecule has 4 nitrogen and oxygen atoms in total. The lowest BCUT2D eigenvalue weighted by Crippen LogP contribution is -2.15. The SMILES string of the molecule is CCS[C@@H]1N=C(SC)Nc2nc(-c3ccc(C)cc3)oc21. The molecule has 0 spiro atoms. The van der Waals surface area contributed by atoms with Gasteiger partial charge in [-0.15, -0.1) is 11.8 Å². The monoisotopic (exact) mass is 319 g/mol. The van der Waals surface area contributed by atoms with Crippen molar-refractivity contribution in [1.82, 2.24) is 4.98 Å². The third-order valence-corrected chi connectivity index (χ3v) is 4.72. The molecule has 0 fully saturated rings. The van der Waals surface area contributed by atoms with E-state index in [0.29, 0.717) is 5.89 Å². The van der Waals surface area contributed by atoms with Crippen molar-refractivity contribution in [2.45, 2.75) is 19.2 Å². The molecule has 2 heterocycles. The smallest absolute Gasteiger partial charge is 0.228 e. The molecule has 1 atom stereocenters. The minimum absolute atomic E-state index is 0.0135. The Morgan fingerprint density at radius 3 is 2.71 bits per heavy atom. The average Bonchev–Trinajstić information content (AvgIpc) is 2.92. The van der Waals surface area contributed by atoms with E-state index in [2.05, 4.69) is 41.3 Å². The summed E-state index contributed by atoms with van der Waals surface area (Å²) in [6.07, 6.45) is 2.01. The van der Waals surface area contributed by atoms with E-state index in [-0.39, 0.29) is 5.37 Å². The quantitative estimate of drug-likeness (QED) is 0.899. The van der Waals surface area contributed by atoms with E-state index >= 15 is 0 Å². The van der Waals surface area contributed by atoms with Gasteiger partial charge in [-0.2, -0.15) is 4.98 Å². The van der Waals surface area contributed by atoms with Gasteiger partial charge in [0.05, 0.1) is 0 Å². The Labute approximate surface area is 132 Å². The van der Waals surface area contributed by atoms with Crippen LogP contribution in [0, 0.1) is 6.92 Å². The first-order valence-electron chi connectivity index (χ1n) is 6.79. The number of aromatic nitrogens is 1. The Bertz CT molecular complexity index is 664. The molecule has 0 amide bonds. The van der Waals surface area contributed by atoms with Crippen LogP contribution in [0.15, 0.2) is 33.7 Å². The molecule has 6 heteroatoms. The first-order valence-corrected chi connectivity index (χ1v) is 9.06. The lowest BCUT2D eigenvalue weighted by Gasteiger charge is -2.17. The Hall–Kier alpha value is -1.40. The van der Waals surface area contributed by atoms with Gasteiger partial charge in [0, 0.05) is 5.56 Å². The summed E-state index contributed by atoms with van der Waals surface area (Å²) in [6, 6.07) is 8.19. The van der Waals surface area contributed by atoms with E-state index in [1.807, 2.05) is 18.4 Å². The summed E-state index contributed by atoms with van der Waals surface area (Å²) >= 11 is 3.34. The largest absolute Gasteiger partial charge is 0.436 e. The maximum absolute atomic E-state index is 5.98. The van der Waals surface area contributed by atoms with Gasteiger partial charge in [-0.3, -0.25) is 0 Å². The van der Waals surface area contributed by atoms with Crippen LogP contribution in [0.5, 0.6) is 0 Å². The normalized spacial score (nSPS) is 17.1. The molecule has 110 valence electrons. The number of hydrogen-bond acceptors (Lipinski definition) is 6. The summed E-state index contributed by atoms with van der Waals surface area (Å²) in [5.41, 5.74) is 2.21. The first kappa shape index (κ1) is 14.5. The fraction of sp³-hybridized carbons (Fsp3) is 0.333. The minimum Gasteiger partial charge on any atom is -0.436 e. The first-order chi connectivity index (χ1) is 10.2. The number of hydrogen-bond donors (Lipinski definition) is 1. The number of aliphatic imine (C=N–C) groups is 1. The highest BCUT2D eigenvalue weighted by atomic mass is 32.2. The maximum atomic E-state index is 5.98. The summed E-state index contributed by atoms with van der Waals surface area (Å²) in [6.45, 7) is 4.19. The van der Waals surface area contributed by atoms with Gasteiger partial charge in [0.2, 0.25) is 5.89 Å². The number of oxazole rings is 1. The lowest BCUT2D eigenvalue weighted by molar-refractivity contribution is 0.518. The maximum Gasteiger partial charge on any atom is 0.228 e. The van der Waals surface area contributed by atoms with Crippen molar-refractivity contribution in [3.63, 3.8) is 0 Å². The zero-order valence-electron chi connectivity index (χ0n) is 12.2. The molecule has 21 heavy (non-hydrogen) atoms. The van der Waals surface area contributed by atoms with E-state index in [4.69, 9.17) is 4.42 Å². The molecular weight excluding hydrogens is 302 g/mol. The number of thioether (sulfide) groups is 2. The van der Waals surface area contributed by atoms with Crippen LogP contribution in [0.4, 0.5) is 5.82 Å². The van der Waals surface area contributed by atoms with Gasteiger partial charge in [0.1, 0.15) is 0 Å². The number of fused-ring (bicyclic) bond motifs is 1. The van der Waals surface area contributed by atoms with Gasteiger partial charge in [-0.25, -0.2) is 4.99 Å². The highest BCUT2D eigenvalue weighted by molar-refractivity contribution is 8.13. The number of nitrogens with one attached hydrogen (secondary N) is 1. The topological polar surface area (TPSA) is 50.4 Å². The lowest BCUT2D eigenvalue weighted by atomic mass is 10.1. The van der Waals surface area contributed by atoms with Crippen molar-refractivity contribution in [3.8, 4) is 11.5 Å². The number of benzene rings is 1. The second-order valence-electron chi connectivity index (χ2n) is 4.67. The highest BCUT2D eigenvalue weighted by Crippen LogP contribution is 2.40. The predicted molar refractivity (Wildman–Crippen MR) is 92.1 cm³/mol. The van der Waals surface area contributed by atoms with Crippen molar-refractivity contribution >= 4 is 34.5 Å². The van der Waals surface area contributed by atoms with Crippen LogP contribution in [-0.2, 0) is 0 Å². The van der Waals surface area contributed by atoms with Crippen LogP contribution >= 0.6 is 23.5 Å². The Morgan fingerprint density at radius 1 is 1.29 bits per heavy atom. The number of rotatable bonds is 3. The van der Waals surface area contributed by atoms with E-state index < -0.39 is 0 Å². The molecular formula is C15H17N3OS2. The van der Waals surface area contributed by atoms with Gasteiger partial charge < -0.3 is 9.73 Å². The second-order valence-corrected chi connectivity index (χ2v) is 6.82. The van der Waals surface area contributed by atoms with Crippen LogP contribution in [0.1, 0.15) is 23.6 Å². The van der Waals surface area contributed by atoms with Crippen LogP contribution in [-0.4, -0.2) is 22.2 Å². The number of aryl methyl sites for hydroxylation is 1. The highest BCUT2D eigenvalue weighted by Gasteiger charge is 2.27. The van der Waals surface area contributed by atoms with Crippen LogP contribution in [0.3, 0.4) is 0 Å². The summed E-state index contributed by atoms with van der Waals surface area (Å²) in [4.78, 5) is 9.25.